The van der Waals surface area contributed by atoms with Crippen molar-refractivity contribution < 1.29 is 4.42 Å². The first-order valence-corrected chi connectivity index (χ1v) is 6.36. The first-order valence-electron chi connectivity index (χ1n) is 5.98. The van der Waals surface area contributed by atoms with Crippen LogP contribution in [-0.4, -0.2) is 7.05 Å². The number of hydrogen-bond acceptors (Lipinski definition) is 3. The van der Waals surface area contributed by atoms with Gasteiger partial charge in [-0.05, 0) is 36.9 Å². The number of benzene rings is 2. The predicted molar refractivity (Wildman–Crippen MR) is 77.8 cm³/mol. The van der Waals surface area contributed by atoms with Crippen molar-refractivity contribution in [2.45, 2.75) is 6.54 Å². The molecule has 19 heavy (non-hydrogen) atoms. The van der Waals surface area contributed by atoms with Gasteiger partial charge in [-0.2, -0.15) is 0 Å². The maximum atomic E-state index is 12.4. The number of nitrogens with one attached hydrogen (secondary N) is 1. The van der Waals surface area contributed by atoms with Gasteiger partial charge in [-0.25, -0.2) is 0 Å². The molecule has 0 aliphatic carbocycles. The Morgan fingerprint density at radius 2 is 1.95 bits per heavy atom. The highest BCUT2D eigenvalue weighted by atomic mass is 35.5. The van der Waals surface area contributed by atoms with Gasteiger partial charge in [-0.3, -0.25) is 4.79 Å². The molecule has 0 saturated carbocycles. The fourth-order valence-corrected chi connectivity index (χ4v) is 2.35. The monoisotopic (exact) mass is 273 g/mol. The molecule has 0 unspecified atom stereocenters. The quantitative estimate of drug-likeness (QED) is 0.729. The number of hydrogen-bond donors (Lipinski definition) is 1. The minimum atomic E-state index is -0.0223. The molecule has 3 rings (SSSR count). The molecule has 3 aromatic rings. The zero-order valence-electron chi connectivity index (χ0n) is 10.4. The fourth-order valence-electron chi connectivity index (χ4n) is 2.19. The average molecular weight is 274 g/mol. The topological polar surface area (TPSA) is 42.2 Å². The van der Waals surface area contributed by atoms with Crippen molar-refractivity contribution in [1.82, 2.24) is 5.32 Å². The van der Waals surface area contributed by atoms with E-state index in [0.717, 1.165) is 5.56 Å². The standard InChI is InChI=1S/C15H12ClNO2/c1-17-8-9-2-5-13-12(6-9)15(18)11-4-3-10(16)7-14(11)19-13/h2-7,17H,8H2,1H3. The molecule has 0 saturated heterocycles. The highest BCUT2D eigenvalue weighted by Gasteiger charge is 2.08. The van der Waals surface area contributed by atoms with E-state index in [9.17, 15) is 4.79 Å². The molecule has 0 radical (unpaired) electrons. The molecule has 0 fully saturated rings. The molecule has 4 heteroatoms. The first-order chi connectivity index (χ1) is 9.19. The van der Waals surface area contributed by atoms with E-state index in [1.165, 1.54) is 0 Å². The van der Waals surface area contributed by atoms with Crippen molar-refractivity contribution >= 4 is 33.5 Å². The normalized spacial score (nSPS) is 11.3. The Kier molecular flexibility index (Phi) is 3.01. The molecule has 0 spiro atoms. The third kappa shape index (κ3) is 2.11. The number of rotatable bonds is 2. The summed E-state index contributed by atoms with van der Waals surface area (Å²) in [5.41, 5.74) is 2.13. The third-order valence-electron chi connectivity index (χ3n) is 3.08. The van der Waals surface area contributed by atoms with Crippen LogP contribution >= 0.6 is 11.6 Å². The van der Waals surface area contributed by atoms with Crippen molar-refractivity contribution in [3.63, 3.8) is 0 Å². The van der Waals surface area contributed by atoms with E-state index < -0.39 is 0 Å². The van der Waals surface area contributed by atoms with Gasteiger partial charge in [0.15, 0.2) is 0 Å². The second kappa shape index (κ2) is 4.68. The van der Waals surface area contributed by atoms with Crippen LogP contribution in [0.2, 0.25) is 5.02 Å². The number of fused-ring (bicyclic) bond motifs is 2. The first kappa shape index (κ1) is 12.2. The largest absolute Gasteiger partial charge is 0.456 e. The smallest absolute Gasteiger partial charge is 0.200 e. The van der Waals surface area contributed by atoms with E-state index >= 15 is 0 Å². The molecular weight excluding hydrogens is 262 g/mol. The van der Waals surface area contributed by atoms with Crippen molar-refractivity contribution in [2.24, 2.45) is 0 Å². The van der Waals surface area contributed by atoms with Gasteiger partial charge in [0.25, 0.3) is 0 Å². The van der Waals surface area contributed by atoms with Crippen LogP contribution in [0.1, 0.15) is 5.56 Å². The summed E-state index contributed by atoms with van der Waals surface area (Å²) in [6.07, 6.45) is 0. The summed E-state index contributed by atoms with van der Waals surface area (Å²) in [5.74, 6) is 0. The van der Waals surface area contributed by atoms with E-state index in [-0.39, 0.29) is 5.43 Å². The highest BCUT2D eigenvalue weighted by molar-refractivity contribution is 6.31. The molecular formula is C15H12ClNO2. The third-order valence-corrected chi connectivity index (χ3v) is 3.31. The molecule has 96 valence electrons. The Labute approximate surface area is 114 Å². The van der Waals surface area contributed by atoms with Crippen LogP contribution in [0.4, 0.5) is 0 Å². The van der Waals surface area contributed by atoms with Gasteiger partial charge in [-0.15, -0.1) is 0 Å². The summed E-state index contributed by atoms with van der Waals surface area (Å²) in [5, 5.41) is 4.77. The lowest BCUT2D eigenvalue weighted by Crippen LogP contribution is -2.07. The SMILES string of the molecule is CNCc1ccc2oc3cc(Cl)ccc3c(=O)c2c1. The summed E-state index contributed by atoms with van der Waals surface area (Å²) in [6.45, 7) is 0.716. The zero-order valence-corrected chi connectivity index (χ0v) is 11.1. The van der Waals surface area contributed by atoms with Gasteiger partial charge in [-0.1, -0.05) is 17.7 Å². The van der Waals surface area contributed by atoms with Gasteiger partial charge in [0, 0.05) is 17.6 Å². The number of halogens is 1. The molecule has 0 atom stereocenters. The molecule has 1 N–H and O–H groups in total. The lowest BCUT2D eigenvalue weighted by Gasteiger charge is -2.04. The van der Waals surface area contributed by atoms with E-state index in [1.807, 2.05) is 25.2 Å². The van der Waals surface area contributed by atoms with Crippen molar-refractivity contribution in [1.29, 1.82) is 0 Å². The lowest BCUT2D eigenvalue weighted by atomic mass is 10.1. The Hall–Kier alpha value is -1.84. The van der Waals surface area contributed by atoms with Crippen molar-refractivity contribution in [3.05, 3.63) is 57.2 Å². The molecule has 0 aliphatic heterocycles. The minimum Gasteiger partial charge on any atom is -0.456 e. The summed E-state index contributed by atoms with van der Waals surface area (Å²) < 4.78 is 5.74. The zero-order chi connectivity index (χ0) is 13.4. The lowest BCUT2D eigenvalue weighted by molar-refractivity contribution is 0.659. The van der Waals surface area contributed by atoms with Crippen LogP contribution in [0, 0.1) is 0 Å². The van der Waals surface area contributed by atoms with E-state index in [0.29, 0.717) is 33.5 Å². The maximum Gasteiger partial charge on any atom is 0.200 e. The fraction of sp³-hybridized carbons (Fsp3) is 0.133. The van der Waals surface area contributed by atoms with Gasteiger partial charge in [0.1, 0.15) is 11.2 Å². The van der Waals surface area contributed by atoms with Gasteiger partial charge >= 0.3 is 0 Å². The summed E-state index contributed by atoms with van der Waals surface area (Å²) in [7, 11) is 1.87. The highest BCUT2D eigenvalue weighted by Crippen LogP contribution is 2.22. The predicted octanol–water partition coefficient (Wildman–Crippen LogP) is 3.32. The van der Waals surface area contributed by atoms with Crippen LogP contribution < -0.4 is 10.7 Å². The summed E-state index contributed by atoms with van der Waals surface area (Å²) in [4.78, 5) is 12.4. The van der Waals surface area contributed by atoms with E-state index in [1.54, 1.807) is 18.2 Å². The molecule has 0 aliphatic rings. The van der Waals surface area contributed by atoms with Crippen molar-refractivity contribution in [3.8, 4) is 0 Å². The van der Waals surface area contributed by atoms with Crippen LogP contribution in [0.25, 0.3) is 21.9 Å². The van der Waals surface area contributed by atoms with E-state index in [2.05, 4.69) is 5.32 Å². The second-order valence-corrected chi connectivity index (χ2v) is 4.87. The Bertz CT molecular complexity index is 823. The molecule has 3 nitrogen and oxygen atoms in total. The van der Waals surface area contributed by atoms with E-state index in [4.69, 9.17) is 16.0 Å². The summed E-state index contributed by atoms with van der Waals surface area (Å²) in [6, 6.07) is 10.7. The molecule has 0 bridgehead atoms. The van der Waals surface area contributed by atoms with Crippen LogP contribution in [-0.2, 0) is 6.54 Å². The van der Waals surface area contributed by atoms with Crippen LogP contribution in [0.3, 0.4) is 0 Å². The maximum absolute atomic E-state index is 12.4. The minimum absolute atomic E-state index is 0.0223. The summed E-state index contributed by atoms with van der Waals surface area (Å²) >= 11 is 5.92. The van der Waals surface area contributed by atoms with Crippen LogP contribution in [0.15, 0.2) is 45.6 Å². The molecule has 2 aromatic carbocycles. The Balaban J connectivity index is 2.37. The van der Waals surface area contributed by atoms with Gasteiger partial charge < -0.3 is 9.73 Å². The Morgan fingerprint density at radius 3 is 2.74 bits per heavy atom. The van der Waals surface area contributed by atoms with Gasteiger partial charge in [0.05, 0.1) is 10.8 Å². The van der Waals surface area contributed by atoms with Gasteiger partial charge in [0.2, 0.25) is 5.43 Å². The molecule has 1 aromatic heterocycles. The van der Waals surface area contributed by atoms with Crippen LogP contribution in [0.5, 0.6) is 0 Å². The second-order valence-electron chi connectivity index (χ2n) is 4.43. The average Bonchev–Trinajstić information content (AvgIpc) is 2.40. The molecule has 1 heterocycles. The molecule has 0 amide bonds. The van der Waals surface area contributed by atoms with Crippen molar-refractivity contribution in [2.75, 3.05) is 7.05 Å². The Morgan fingerprint density at radius 1 is 1.11 bits per heavy atom.